The first-order valence-electron chi connectivity index (χ1n) is 5.55. The van der Waals surface area contributed by atoms with E-state index in [0.717, 1.165) is 15.7 Å². The molecule has 0 aliphatic carbocycles. The highest BCUT2D eigenvalue weighted by atomic mass is 32.2. The lowest BCUT2D eigenvalue weighted by molar-refractivity contribution is 0.0686. The van der Waals surface area contributed by atoms with E-state index in [1.807, 2.05) is 42.5 Å². The number of carboxylic acids is 1. The van der Waals surface area contributed by atoms with Gasteiger partial charge in [0.1, 0.15) is 5.03 Å². The van der Waals surface area contributed by atoms with E-state index in [0.29, 0.717) is 5.03 Å². The average molecular weight is 271 g/mol. The highest BCUT2D eigenvalue weighted by Crippen LogP contribution is 2.30. The van der Waals surface area contributed by atoms with Crippen LogP contribution in [0.5, 0.6) is 0 Å². The van der Waals surface area contributed by atoms with Crippen molar-refractivity contribution >= 4 is 28.5 Å². The largest absolute Gasteiger partial charge is 0.476 e. The summed E-state index contributed by atoms with van der Waals surface area (Å²) in [6.07, 6.45) is 0. The molecule has 6 heteroatoms. The van der Waals surface area contributed by atoms with E-state index >= 15 is 0 Å². The van der Waals surface area contributed by atoms with Crippen molar-refractivity contribution in [3.8, 4) is 0 Å². The molecule has 3 rings (SSSR count). The molecule has 0 saturated heterocycles. The van der Waals surface area contributed by atoms with Gasteiger partial charge in [0, 0.05) is 4.90 Å². The molecule has 2 aromatic carbocycles. The third-order valence-corrected chi connectivity index (χ3v) is 3.64. The van der Waals surface area contributed by atoms with Gasteiger partial charge in [-0.05, 0) is 22.9 Å². The number of rotatable bonds is 3. The number of hydrogen-bond donors (Lipinski definition) is 2. The second kappa shape index (κ2) is 4.74. The molecule has 0 unspecified atom stereocenters. The van der Waals surface area contributed by atoms with E-state index < -0.39 is 5.97 Å². The Labute approximate surface area is 112 Å². The smallest absolute Gasteiger partial charge is 0.359 e. The summed E-state index contributed by atoms with van der Waals surface area (Å²) in [6, 6.07) is 14.0. The molecule has 0 amide bonds. The monoisotopic (exact) mass is 271 g/mol. The molecule has 0 atom stereocenters. The summed E-state index contributed by atoms with van der Waals surface area (Å²) < 4.78 is 0. The highest BCUT2D eigenvalue weighted by molar-refractivity contribution is 7.99. The summed E-state index contributed by atoms with van der Waals surface area (Å²) in [4.78, 5) is 11.9. The van der Waals surface area contributed by atoms with Crippen molar-refractivity contribution in [2.75, 3.05) is 0 Å². The van der Waals surface area contributed by atoms with Crippen molar-refractivity contribution < 1.29 is 9.90 Å². The molecule has 1 heterocycles. The van der Waals surface area contributed by atoms with Crippen LogP contribution in [0.1, 0.15) is 10.5 Å². The number of aromatic amines is 1. The van der Waals surface area contributed by atoms with Crippen molar-refractivity contribution in [1.29, 1.82) is 0 Å². The lowest BCUT2D eigenvalue weighted by Crippen LogP contribution is -1.98. The van der Waals surface area contributed by atoms with Gasteiger partial charge < -0.3 is 5.11 Å². The number of benzene rings is 2. The van der Waals surface area contributed by atoms with Gasteiger partial charge in [-0.25, -0.2) is 4.79 Å². The van der Waals surface area contributed by atoms with Crippen molar-refractivity contribution in [3.05, 3.63) is 48.2 Å². The van der Waals surface area contributed by atoms with E-state index in [1.54, 1.807) is 0 Å². The van der Waals surface area contributed by atoms with E-state index in [4.69, 9.17) is 5.11 Å². The van der Waals surface area contributed by atoms with Gasteiger partial charge in [0.05, 0.1) is 0 Å². The Bertz CT molecular complexity index is 754. The third kappa shape index (κ3) is 2.30. The summed E-state index contributed by atoms with van der Waals surface area (Å²) in [7, 11) is 0. The zero-order chi connectivity index (χ0) is 13.2. The Morgan fingerprint density at radius 1 is 1.16 bits per heavy atom. The van der Waals surface area contributed by atoms with Crippen LogP contribution < -0.4 is 0 Å². The lowest BCUT2D eigenvalue weighted by atomic mass is 10.1. The van der Waals surface area contributed by atoms with Crippen molar-refractivity contribution in [2.24, 2.45) is 0 Å². The van der Waals surface area contributed by atoms with Crippen LogP contribution in [0.3, 0.4) is 0 Å². The minimum atomic E-state index is -1.09. The predicted molar refractivity (Wildman–Crippen MR) is 71.4 cm³/mol. The topological polar surface area (TPSA) is 78.9 Å². The zero-order valence-electron chi connectivity index (χ0n) is 9.70. The minimum Gasteiger partial charge on any atom is -0.476 e. The first kappa shape index (κ1) is 11.7. The van der Waals surface area contributed by atoms with Crippen molar-refractivity contribution in [2.45, 2.75) is 9.92 Å². The maximum atomic E-state index is 10.9. The van der Waals surface area contributed by atoms with Crippen LogP contribution in [-0.2, 0) is 0 Å². The quantitative estimate of drug-likeness (QED) is 0.765. The first-order valence-corrected chi connectivity index (χ1v) is 6.37. The summed E-state index contributed by atoms with van der Waals surface area (Å²) in [5.74, 6) is -1.09. The summed E-state index contributed by atoms with van der Waals surface area (Å²) in [5, 5.41) is 21.3. The van der Waals surface area contributed by atoms with Crippen LogP contribution in [0.15, 0.2) is 52.4 Å². The molecular formula is C13H9N3O2S. The van der Waals surface area contributed by atoms with E-state index in [1.165, 1.54) is 11.8 Å². The van der Waals surface area contributed by atoms with Crippen LogP contribution in [0, 0.1) is 0 Å². The maximum Gasteiger partial charge on any atom is 0.359 e. The highest BCUT2D eigenvalue weighted by Gasteiger charge is 2.15. The van der Waals surface area contributed by atoms with Gasteiger partial charge in [0.2, 0.25) is 5.69 Å². The van der Waals surface area contributed by atoms with Gasteiger partial charge in [0.15, 0.2) is 0 Å². The van der Waals surface area contributed by atoms with Crippen molar-refractivity contribution in [3.63, 3.8) is 0 Å². The number of nitrogens with zero attached hydrogens (tertiary/aromatic N) is 2. The molecule has 0 aliphatic heterocycles. The Balaban J connectivity index is 1.97. The second-order valence-corrected chi connectivity index (χ2v) is 4.99. The lowest BCUT2D eigenvalue weighted by Gasteiger charge is -2.02. The normalized spacial score (nSPS) is 10.7. The Morgan fingerprint density at radius 3 is 2.74 bits per heavy atom. The molecule has 0 radical (unpaired) electrons. The van der Waals surface area contributed by atoms with Gasteiger partial charge >= 0.3 is 5.97 Å². The SMILES string of the molecule is O=C(O)c1nn[nH]c1Sc1ccc2ccccc2c1. The van der Waals surface area contributed by atoms with Crippen LogP contribution in [-0.4, -0.2) is 26.5 Å². The number of nitrogens with one attached hydrogen (secondary N) is 1. The average Bonchev–Trinajstić information content (AvgIpc) is 2.87. The molecule has 19 heavy (non-hydrogen) atoms. The number of carboxylic acid groups (broad SMARTS) is 1. The molecule has 0 bridgehead atoms. The number of carbonyl (C=O) groups is 1. The molecule has 0 saturated carbocycles. The Hall–Kier alpha value is -2.34. The molecule has 0 aliphatic rings. The maximum absolute atomic E-state index is 10.9. The van der Waals surface area contributed by atoms with Gasteiger partial charge in [-0.3, -0.25) is 5.10 Å². The number of fused-ring (bicyclic) bond motifs is 1. The molecule has 2 N–H and O–H groups in total. The third-order valence-electron chi connectivity index (χ3n) is 2.66. The van der Waals surface area contributed by atoms with E-state index in [-0.39, 0.29) is 5.69 Å². The first-order chi connectivity index (χ1) is 9.24. The van der Waals surface area contributed by atoms with E-state index in [9.17, 15) is 4.79 Å². The number of H-pyrrole nitrogens is 1. The fourth-order valence-corrected chi connectivity index (χ4v) is 2.65. The van der Waals surface area contributed by atoms with Crippen molar-refractivity contribution in [1.82, 2.24) is 15.4 Å². The fraction of sp³-hybridized carbons (Fsp3) is 0. The van der Waals surface area contributed by atoms with Crippen LogP contribution in [0.4, 0.5) is 0 Å². The Morgan fingerprint density at radius 2 is 1.95 bits per heavy atom. The molecular weight excluding hydrogens is 262 g/mol. The number of aromatic carboxylic acids is 1. The van der Waals surface area contributed by atoms with Gasteiger partial charge in [-0.2, -0.15) is 0 Å². The molecule has 0 fully saturated rings. The number of hydrogen-bond acceptors (Lipinski definition) is 4. The second-order valence-electron chi connectivity index (χ2n) is 3.91. The van der Waals surface area contributed by atoms with Gasteiger partial charge in [-0.1, -0.05) is 47.3 Å². The molecule has 94 valence electrons. The number of aromatic nitrogens is 3. The van der Waals surface area contributed by atoms with Crippen LogP contribution in [0.2, 0.25) is 0 Å². The molecule has 1 aromatic heterocycles. The summed E-state index contributed by atoms with van der Waals surface area (Å²) in [5.41, 5.74) is -0.0573. The fourth-order valence-electron chi connectivity index (χ4n) is 1.78. The summed E-state index contributed by atoms with van der Waals surface area (Å²) >= 11 is 1.30. The molecule has 3 aromatic rings. The standard InChI is InChI=1S/C13H9N3O2S/c17-13(18)11-12(15-16-14-11)19-10-6-5-8-3-1-2-4-9(8)7-10/h1-7H,(H,17,18)(H,14,15,16). The zero-order valence-corrected chi connectivity index (χ0v) is 10.5. The Kier molecular flexibility index (Phi) is 2.92. The molecule has 0 spiro atoms. The van der Waals surface area contributed by atoms with Gasteiger partial charge in [-0.15, -0.1) is 5.10 Å². The van der Waals surface area contributed by atoms with Crippen LogP contribution in [0.25, 0.3) is 10.8 Å². The van der Waals surface area contributed by atoms with Gasteiger partial charge in [0.25, 0.3) is 0 Å². The predicted octanol–water partition coefficient (Wildman–Crippen LogP) is 2.81. The molecule has 5 nitrogen and oxygen atoms in total. The van der Waals surface area contributed by atoms with Crippen LogP contribution >= 0.6 is 11.8 Å². The van der Waals surface area contributed by atoms with E-state index in [2.05, 4.69) is 15.4 Å². The minimum absolute atomic E-state index is 0.0573. The summed E-state index contributed by atoms with van der Waals surface area (Å²) in [6.45, 7) is 0.